The molecule has 2 aliphatic heterocycles. The minimum absolute atomic E-state index is 0.0219. The van der Waals surface area contributed by atoms with E-state index in [0.717, 1.165) is 5.56 Å². The van der Waals surface area contributed by atoms with Crippen molar-refractivity contribution < 1.29 is 23.5 Å². The lowest BCUT2D eigenvalue weighted by atomic mass is 9.84. The van der Waals surface area contributed by atoms with Crippen LogP contribution in [-0.4, -0.2) is 25.1 Å². The topological polar surface area (TPSA) is 55.8 Å². The van der Waals surface area contributed by atoms with Crippen LogP contribution < -0.4 is 9.64 Å². The normalized spacial score (nSPS) is 18.6. The van der Waals surface area contributed by atoms with Gasteiger partial charge in [-0.05, 0) is 35.9 Å². The van der Waals surface area contributed by atoms with Crippen molar-refractivity contribution in [3.8, 4) is 5.75 Å². The number of cyclic esters (lactones) is 1. The molecule has 1 amide bonds. The maximum Gasteiger partial charge on any atom is 0.336 e. The number of benzene rings is 2. The van der Waals surface area contributed by atoms with Crippen LogP contribution in [0.25, 0.3) is 0 Å². The maximum absolute atomic E-state index is 13.5. The monoisotopic (exact) mass is 413 g/mol. The smallest absolute Gasteiger partial charge is 0.336 e. The summed E-state index contributed by atoms with van der Waals surface area (Å²) in [5.41, 5.74) is 2.11. The third-order valence-corrected chi connectivity index (χ3v) is 5.22. The Bertz CT molecular complexity index is 1030. The fourth-order valence-corrected chi connectivity index (χ4v) is 3.79. The van der Waals surface area contributed by atoms with Crippen molar-refractivity contribution in [2.24, 2.45) is 0 Å². The van der Waals surface area contributed by atoms with E-state index in [2.05, 4.69) is 6.58 Å². The number of anilines is 1. The molecule has 148 valence electrons. The summed E-state index contributed by atoms with van der Waals surface area (Å²) in [7, 11) is 0. The molecular weight excluding hydrogens is 397 g/mol. The van der Waals surface area contributed by atoms with Crippen LogP contribution in [0.1, 0.15) is 17.9 Å². The van der Waals surface area contributed by atoms with Crippen LogP contribution in [-0.2, 0) is 14.3 Å². The van der Waals surface area contributed by atoms with E-state index in [1.165, 1.54) is 23.1 Å². The standard InChI is InChI=1S/C22H17ClFNO4/c1-2-9-28-15-6-3-13(4-7-15)16-11-20(26)25(19-12-29-22(27)21(16)19)14-5-8-18(24)17(23)10-14/h2-8,10,16H,1,9,11-12H2/t16-/m1/s1. The molecule has 0 spiro atoms. The highest BCUT2D eigenvalue weighted by atomic mass is 35.5. The number of halogens is 2. The number of hydrogen-bond donors (Lipinski definition) is 0. The van der Waals surface area contributed by atoms with Gasteiger partial charge in [0.1, 0.15) is 24.8 Å². The van der Waals surface area contributed by atoms with Crippen LogP contribution in [0.5, 0.6) is 5.75 Å². The second kappa shape index (κ2) is 7.72. The number of carbonyl (C=O) groups is 2. The second-order valence-corrected chi connectivity index (χ2v) is 7.10. The summed E-state index contributed by atoms with van der Waals surface area (Å²) >= 11 is 5.88. The molecule has 0 saturated heterocycles. The molecule has 0 fully saturated rings. The third-order valence-electron chi connectivity index (χ3n) is 4.93. The molecule has 4 rings (SSSR count). The molecule has 0 saturated carbocycles. The van der Waals surface area contributed by atoms with Gasteiger partial charge in [0.25, 0.3) is 0 Å². The first-order chi connectivity index (χ1) is 14.0. The van der Waals surface area contributed by atoms with Crippen molar-refractivity contribution >= 4 is 29.2 Å². The van der Waals surface area contributed by atoms with Gasteiger partial charge in [-0.1, -0.05) is 36.4 Å². The number of ether oxygens (including phenoxy) is 2. The third kappa shape index (κ3) is 3.51. The van der Waals surface area contributed by atoms with Crippen molar-refractivity contribution in [1.82, 2.24) is 0 Å². The molecule has 0 N–H and O–H groups in total. The van der Waals surface area contributed by atoms with Crippen molar-refractivity contribution in [2.45, 2.75) is 12.3 Å². The summed E-state index contributed by atoms with van der Waals surface area (Å²) in [6.07, 6.45) is 1.73. The van der Waals surface area contributed by atoms with Crippen molar-refractivity contribution in [2.75, 3.05) is 18.1 Å². The van der Waals surface area contributed by atoms with Crippen LogP contribution >= 0.6 is 11.6 Å². The Morgan fingerprint density at radius 3 is 2.69 bits per heavy atom. The zero-order valence-electron chi connectivity index (χ0n) is 15.4. The minimum Gasteiger partial charge on any atom is -0.490 e. The van der Waals surface area contributed by atoms with Crippen LogP contribution in [0.15, 0.2) is 66.4 Å². The van der Waals surface area contributed by atoms with E-state index in [4.69, 9.17) is 21.1 Å². The molecule has 2 aliphatic rings. The number of hydrogen-bond acceptors (Lipinski definition) is 4. The Morgan fingerprint density at radius 1 is 1.24 bits per heavy atom. The Hall–Kier alpha value is -3.12. The minimum atomic E-state index is -0.579. The van der Waals surface area contributed by atoms with Crippen molar-refractivity contribution in [3.05, 3.63) is 82.8 Å². The van der Waals surface area contributed by atoms with E-state index < -0.39 is 17.7 Å². The first kappa shape index (κ1) is 19.2. The van der Waals surface area contributed by atoms with Gasteiger partial charge >= 0.3 is 5.97 Å². The zero-order chi connectivity index (χ0) is 20.5. The number of amides is 1. The van der Waals surface area contributed by atoms with E-state index in [9.17, 15) is 14.0 Å². The highest BCUT2D eigenvalue weighted by Crippen LogP contribution is 2.42. The molecular formula is C22H17ClFNO4. The predicted molar refractivity (Wildman–Crippen MR) is 106 cm³/mol. The Kier molecular flexibility index (Phi) is 5.11. The first-order valence-corrected chi connectivity index (χ1v) is 9.39. The Labute approximate surface area is 172 Å². The summed E-state index contributed by atoms with van der Waals surface area (Å²) in [5.74, 6) is -1.01. The molecule has 2 aromatic rings. The summed E-state index contributed by atoms with van der Waals surface area (Å²) in [4.78, 5) is 26.8. The number of nitrogens with zero attached hydrogens (tertiary/aromatic N) is 1. The first-order valence-electron chi connectivity index (χ1n) is 9.01. The lowest BCUT2D eigenvalue weighted by Crippen LogP contribution is -2.37. The Morgan fingerprint density at radius 2 is 2.00 bits per heavy atom. The molecule has 29 heavy (non-hydrogen) atoms. The van der Waals surface area contributed by atoms with Crippen molar-refractivity contribution in [3.63, 3.8) is 0 Å². The molecule has 2 aromatic carbocycles. The van der Waals surface area contributed by atoms with Crippen LogP contribution in [0, 0.1) is 5.82 Å². The van der Waals surface area contributed by atoms with E-state index in [0.29, 0.717) is 29.3 Å². The van der Waals surface area contributed by atoms with Crippen LogP contribution in [0.4, 0.5) is 10.1 Å². The highest BCUT2D eigenvalue weighted by Gasteiger charge is 2.43. The van der Waals surface area contributed by atoms with Gasteiger partial charge in [0.2, 0.25) is 5.91 Å². The van der Waals surface area contributed by atoms with Gasteiger partial charge in [-0.3, -0.25) is 9.69 Å². The highest BCUT2D eigenvalue weighted by molar-refractivity contribution is 6.31. The molecule has 1 atom stereocenters. The number of carbonyl (C=O) groups excluding carboxylic acids is 2. The number of esters is 1. The van der Waals surface area contributed by atoms with Gasteiger partial charge in [0, 0.05) is 12.3 Å². The van der Waals surface area contributed by atoms with Crippen LogP contribution in [0.3, 0.4) is 0 Å². The SMILES string of the molecule is C=CCOc1ccc([C@H]2CC(=O)N(c3ccc(F)c(Cl)c3)C3=C2C(=O)OC3)cc1. The molecule has 5 nitrogen and oxygen atoms in total. The molecule has 7 heteroatoms. The summed E-state index contributed by atoms with van der Waals surface area (Å²) in [5, 5.41) is -0.0973. The lowest BCUT2D eigenvalue weighted by molar-refractivity contribution is -0.136. The van der Waals surface area contributed by atoms with E-state index >= 15 is 0 Å². The fraction of sp³-hybridized carbons (Fsp3) is 0.182. The van der Waals surface area contributed by atoms with Gasteiger partial charge in [-0.2, -0.15) is 0 Å². The lowest BCUT2D eigenvalue weighted by Gasteiger charge is -2.32. The van der Waals surface area contributed by atoms with E-state index in [1.807, 2.05) is 12.1 Å². The van der Waals surface area contributed by atoms with Gasteiger partial charge in [0.05, 0.1) is 22.0 Å². The molecule has 0 radical (unpaired) electrons. The summed E-state index contributed by atoms with van der Waals surface area (Å²) in [6, 6.07) is 11.3. The largest absolute Gasteiger partial charge is 0.490 e. The molecule has 0 unspecified atom stereocenters. The van der Waals surface area contributed by atoms with Gasteiger partial charge in [-0.25, -0.2) is 9.18 Å². The quantitative estimate of drug-likeness (QED) is 0.539. The molecule has 0 aliphatic carbocycles. The van der Waals surface area contributed by atoms with E-state index in [-0.39, 0.29) is 24.0 Å². The fourth-order valence-electron chi connectivity index (χ4n) is 3.61. The van der Waals surface area contributed by atoms with Gasteiger partial charge < -0.3 is 9.47 Å². The average molecular weight is 414 g/mol. The van der Waals surface area contributed by atoms with Crippen LogP contribution in [0.2, 0.25) is 5.02 Å². The summed E-state index contributed by atoms with van der Waals surface area (Å²) in [6.45, 7) is 3.97. The Balaban J connectivity index is 1.72. The zero-order valence-corrected chi connectivity index (χ0v) is 16.1. The van der Waals surface area contributed by atoms with Gasteiger partial charge in [-0.15, -0.1) is 0 Å². The summed E-state index contributed by atoms with van der Waals surface area (Å²) < 4.78 is 24.3. The predicted octanol–water partition coefficient (Wildman–Crippen LogP) is 4.38. The maximum atomic E-state index is 13.5. The molecule has 2 heterocycles. The molecule has 0 bridgehead atoms. The van der Waals surface area contributed by atoms with E-state index in [1.54, 1.807) is 18.2 Å². The van der Waals surface area contributed by atoms with Gasteiger partial charge in [0.15, 0.2) is 0 Å². The van der Waals surface area contributed by atoms with Crippen molar-refractivity contribution in [1.29, 1.82) is 0 Å². The number of rotatable bonds is 5. The average Bonchev–Trinajstić information content (AvgIpc) is 3.10. The molecule has 0 aromatic heterocycles. The second-order valence-electron chi connectivity index (χ2n) is 6.69.